The molecule has 4 nitrogen and oxygen atoms in total. The molecule has 0 N–H and O–H groups in total. The van der Waals surface area contributed by atoms with E-state index in [0.29, 0.717) is 0 Å². The highest BCUT2D eigenvalue weighted by Gasteiger charge is 2.12. The predicted octanol–water partition coefficient (Wildman–Crippen LogP) is 0.647. The summed E-state index contributed by atoms with van der Waals surface area (Å²) in [6.07, 6.45) is 4.03. The van der Waals surface area contributed by atoms with Gasteiger partial charge in [0, 0.05) is 31.0 Å². The van der Waals surface area contributed by atoms with E-state index in [1.165, 1.54) is 15.2 Å². The van der Waals surface area contributed by atoms with Gasteiger partial charge in [-0.05, 0) is 12.0 Å². The third-order valence-electron chi connectivity index (χ3n) is 1.83. The number of aryl methyl sites for hydroxylation is 1. The third kappa shape index (κ3) is 2.73. The zero-order valence-corrected chi connectivity index (χ0v) is 8.73. The van der Waals surface area contributed by atoms with Gasteiger partial charge in [-0.2, -0.15) is 4.84 Å². The average Bonchev–Trinajstić information content (AvgIpc) is 2.19. The van der Waals surface area contributed by atoms with Crippen LogP contribution >= 0.6 is 0 Å². The number of nitrogens with zero attached hydrogens (tertiary/aromatic N) is 2. The van der Waals surface area contributed by atoms with E-state index in [-0.39, 0.29) is 6.09 Å². The molecule has 0 aromatic carbocycles. The van der Waals surface area contributed by atoms with Crippen LogP contribution in [0, 0.1) is 0 Å². The van der Waals surface area contributed by atoms with E-state index in [2.05, 4.69) is 6.92 Å². The summed E-state index contributed by atoms with van der Waals surface area (Å²) in [7, 11) is 3.28. The van der Waals surface area contributed by atoms with Crippen molar-refractivity contribution in [2.75, 3.05) is 14.1 Å². The molecule has 14 heavy (non-hydrogen) atoms. The van der Waals surface area contributed by atoms with Gasteiger partial charge in [-0.25, -0.2) is 4.79 Å². The van der Waals surface area contributed by atoms with Crippen molar-refractivity contribution in [3.8, 4) is 0 Å². The molecule has 0 saturated carbocycles. The molecule has 1 rings (SSSR count). The van der Waals surface area contributed by atoms with Crippen LogP contribution in [0.4, 0.5) is 4.79 Å². The Kier molecular flexibility index (Phi) is 3.45. The second kappa shape index (κ2) is 4.60. The third-order valence-corrected chi connectivity index (χ3v) is 1.83. The summed E-state index contributed by atoms with van der Waals surface area (Å²) in [5, 5.41) is 0. The summed E-state index contributed by atoms with van der Waals surface area (Å²) in [4.78, 5) is 17.5. The average molecular weight is 195 g/mol. The largest absolute Gasteiger partial charge is 0.477 e. The first-order chi connectivity index (χ1) is 6.63. The van der Waals surface area contributed by atoms with E-state index in [1.54, 1.807) is 26.5 Å². The number of carbonyl (C=O) groups is 1. The Bertz CT molecular complexity index is 306. The summed E-state index contributed by atoms with van der Waals surface area (Å²) < 4.78 is 1.39. The fourth-order valence-electron chi connectivity index (χ4n) is 0.912. The van der Waals surface area contributed by atoms with Gasteiger partial charge in [0.25, 0.3) is 0 Å². The predicted molar refractivity (Wildman–Crippen MR) is 51.7 cm³/mol. The van der Waals surface area contributed by atoms with E-state index >= 15 is 0 Å². The van der Waals surface area contributed by atoms with Crippen LogP contribution in [0.2, 0.25) is 0 Å². The Morgan fingerprint density at radius 1 is 1.43 bits per heavy atom. The van der Waals surface area contributed by atoms with Gasteiger partial charge in [-0.3, -0.25) is 0 Å². The number of carbonyl (C=O) groups excluding carboxylic acids is 1. The van der Waals surface area contributed by atoms with E-state index < -0.39 is 0 Å². The maximum atomic E-state index is 11.1. The van der Waals surface area contributed by atoms with Gasteiger partial charge in [0.05, 0.1) is 0 Å². The lowest BCUT2D eigenvalue weighted by Crippen LogP contribution is -2.48. The van der Waals surface area contributed by atoms with Crippen molar-refractivity contribution >= 4 is 6.09 Å². The van der Waals surface area contributed by atoms with Crippen LogP contribution in [0.25, 0.3) is 0 Å². The van der Waals surface area contributed by atoms with Crippen molar-refractivity contribution in [3.05, 3.63) is 30.1 Å². The monoisotopic (exact) mass is 195 g/mol. The summed E-state index contributed by atoms with van der Waals surface area (Å²) >= 11 is 0. The van der Waals surface area contributed by atoms with Crippen LogP contribution in [0.5, 0.6) is 0 Å². The smallest absolute Gasteiger partial charge is 0.309 e. The molecule has 0 atom stereocenters. The van der Waals surface area contributed by atoms with Crippen LogP contribution in [-0.4, -0.2) is 25.1 Å². The normalized spacial score (nSPS) is 9.64. The molecular formula is C10H15N2O2+. The van der Waals surface area contributed by atoms with E-state index in [1.807, 2.05) is 12.1 Å². The first-order valence-electron chi connectivity index (χ1n) is 4.53. The Balaban J connectivity index is 2.64. The lowest BCUT2D eigenvalue weighted by Gasteiger charge is -2.04. The highest BCUT2D eigenvalue weighted by Crippen LogP contribution is 1.94. The zero-order valence-electron chi connectivity index (χ0n) is 8.73. The topological polar surface area (TPSA) is 33.4 Å². The number of pyridine rings is 1. The van der Waals surface area contributed by atoms with E-state index in [4.69, 9.17) is 4.84 Å². The van der Waals surface area contributed by atoms with Crippen LogP contribution in [0.15, 0.2) is 24.5 Å². The summed E-state index contributed by atoms with van der Waals surface area (Å²) in [5.41, 5.74) is 1.21. The fourth-order valence-corrected chi connectivity index (χ4v) is 0.912. The second-order valence-corrected chi connectivity index (χ2v) is 3.17. The molecule has 0 radical (unpaired) electrons. The van der Waals surface area contributed by atoms with Gasteiger partial charge in [-0.1, -0.05) is 6.92 Å². The number of aromatic nitrogens is 1. The molecule has 0 fully saturated rings. The zero-order chi connectivity index (χ0) is 10.6. The van der Waals surface area contributed by atoms with Crippen molar-refractivity contribution in [2.45, 2.75) is 13.3 Å². The number of hydrogen-bond donors (Lipinski definition) is 0. The minimum atomic E-state index is -0.390. The SMILES string of the molecule is CCc1cc[n+](OC(=O)N(C)C)cc1. The molecule has 0 aliphatic heterocycles. The summed E-state index contributed by atoms with van der Waals surface area (Å²) in [6.45, 7) is 2.07. The molecule has 1 amide bonds. The molecule has 0 spiro atoms. The van der Waals surface area contributed by atoms with Gasteiger partial charge in [0.2, 0.25) is 12.4 Å². The minimum absolute atomic E-state index is 0.390. The van der Waals surface area contributed by atoms with Crippen LogP contribution < -0.4 is 9.57 Å². The molecule has 4 heteroatoms. The maximum Gasteiger partial charge on any atom is 0.477 e. The molecular weight excluding hydrogens is 180 g/mol. The first kappa shape index (κ1) is 10.5. The van der Waals surface area contributed by atoms with Crippen molar-refractivity contribution in [1.82, 2.24) is 4.90 Å². The van der Waals surface area contributed by atoms with E-state index in [0.717, 1.165) is 6.42 Å². The molecule has 76 valence electrons. The van der Waals surface area contributed by atoms with Gasteiger partial charge in [-0.15, -0.1) is 0 Å². The number of rotatable bonds is 2. The van der Waals surface area contributed by atoms with Crippen molar-refractivity contribution in [2.24, 2.45) is 0 Å². The lowest BCUT2D eigenvalue weighted by molar-refractivity contribution is -0.869. The Labute approximate surface area is 83.7 Å². The highest BCUT2D eigenvalue weighted by atomic mass is 16.7. The molecule has 0 aliphatic rings. The van der Waals surface area contributed by atoms with Gasteiger partial charge in [0.15, 0.2) is 0 Å². The van der Waals surface area contributed by atoms with Gasteiger partial charge >= 0.3 is 6.09 Å². The van der Waals surface area contributed by atoms with Crippen molar-refractivity contribution in [3.63, 3.8) is 0 Å². The maximum absolute atomic E-state index is 11.1. The fraction of sp³-hybridized carbons (Fsp3) is 0.400. The highest BCUT2D eigenvalue weighted by molar-refractivity contribution is 5.66. The molecule has 1 heterocycles. The van der Waals surface area contributed by atoms with Gasteiger partial charge in [0.1, 0.15) is 0 Å². The first-order valence-corrected chi connectivity index (χ1v) is 4.53. The van der Waals surface area contributed by atoms with Crippen LogP contribution in [0.1, 0.15) is 12.5 Å². The van der Waals surface area contributed by atoms with Crippen LogP contribution in [0.3, 0.4) is 0 Å². The Morgan fingerprint density at radius 3 is 2.43 bits per heavy atom. The minimum Gasteiger partial charge on any atom is -0.309 e. The standard InChI is InChI=1S/C10H15N2O2/c1-4-9-5-7-12(8-6-9)14-10(13)11(2)3/h5-8H,4H2,1-3H3/q+1. The summed E-state index contributed by atoms with van der Waals surface area (Å²) in [5.74, 6) is 0. The second-order valence-electron chi connectivity index (χ2n) is 3.17. The van der Waals surface area contributed by atoms with Crippen LogP contribution in [-0.2, 0) is 6.42 Å². The lowest BCUT2D eigenvalue weighted by atomic mass is 10.2. The van der Waals surface area contributed by atoms with Crippen molar-refractivity contribution < 1.29 is 14.4 Å². The molecule has 0 saturated heterocycles. The molecule has 1 aromatic rings. The van der Waals surface area contributed by atoms with E-state index in [9.17, 15) is 4.79 Å². The Morgan fingerprint density at radius 2 is 2.00 bits per heavy atom. The van der Waals surface area contributed by atoms with Crippen molar-refractivity contribution in [1.29, 1.82) is 0 Å². The molecule has 0 bridgehead atoms. The molecule has 0 unspecified atom stereocenters. The quantitative estimate of drug-likeness (QED) is 0.649. The van der Waals surface area contributed by atoms with Gasteiger partial charge < -0.3 is 4.90 Å². The summed E-state index contributed by atoms with van der Waals surface area (Å²) in [6, 6.07) is 3.84. The number of amides is 1. The molecule has 0 aliphatic carbocycles. The number of hydrogen-bond acceptors (Lipinski definition) is 2. The molecule has 1 aromatic heterocycles. The Hall–Kier alpha value is -1.58.